The standard InChI is InChI=1S/C32H45N3O6/c1-9-40-27(36)18-19-33-29(37)28(25-17-13-14-22(4)23(25)5)35(21(2)3)30(38)26(20-24-15-11-10-12-16-24)34-31(39)41-32(6,7)8/h10-17,21,26,28H,9,18-20H2,1-8H3,(H,33,37)(H,34,39). The molecule has 9 heteroatoms. The van der Waals surface area contributed by atoms with Crippen LogP contribution in [0.15, 0.2) is 48.5 Å². The van der Waals surface area contributed by atoms with Crippen molar-refractivity contribution >= 4 is 23.9 Å². The minimum absolute atomic E-state index is 0.00551. The van der Waals surface area contributed by atoms with Gasteiger partial charge in [-0.25, -0.2) is 4.79 Å². The second kappa shape index (κ2) is 15.2. The summed E-state index contributed by atoms with van der Waals surface area (Å²) in [5.74, 6) is -1.28. The van der Waals surface area contributed by atoms with Gasteiger partial charge in [-0.2, -0.15) is 0 Å². The summed E-state index contributed by atoms with van der Waals surface area (Å²) in [4.78, 5) is 54.4. The summed E-state index contributed by atoms with van der Waals surface area (Å²) < 4.78 is 10.5. The van der Waals surface area contributed by atoms with E-state index >= 15 is 0 Å². The highest BCUT2D eigenvalue weighted by Gasteiger charge is 2.38. The van der Waals surface area contributed by atoms with Gasteiger partial charge in [0, 0.05) is 19.0 Å². The van der Waals surface area contributed by atoms with Gasteiger partial charge >= 0.3 is 12.1 Å². The lowest BCUT2D eigenvalue weighted by Gasteiger charge is -2.38. The number of carbonyl (C=O) groups is 4. The third-order valence-corrected chi connectivity index (χ3v) is 6.48. The van der Waals surface area contributed by atoms with Gasteiger partial charge in [0.05, 0.1) is 13.0 Å². The summed E-state index contributed by atoms with van der Waals surface area (Å²) in [6.07, 6.45) is -0.518. The molecule has 2 aromatic carbocycles. The zero-order chi connectivity index (χ0) is 30.7. The second-order valence-electron chi connectivity index (χ2n) is 11.3. The lowest BCUT2D eigenvalue weighted by Crippen LogP contribution is -2.56. The van der Waals surface area contributed by atoms with E-state index in [2.05, 4.69) is 10.6 Å². The van der Waals surface area contributed by atoms with Crippen molar-refractivity contribution in [3.63, 3.8) is 0 Å². The molecule has 0 aliphatic rings. The topological polar surface area (TPSA) is 114 Å². The monoisotopic (exact) mass is 567 g/mol. The van der Waals surface area contributed by atoms with Crippen molar-refractivity contribution in [2.24, 2.45) is 0 Å². The van der Waals surface area contributed by atoms with E-state index in [4.69, 9.17) is 9.47 Å². The molecule has 2 rings (SSSR count). The molecule has 0 heterocycles. The number of amides is 3. The Morgan fingerprint density at radius 2 is 1.61 bits per heavy atom. The molecule has 3 amide bonds. The summed E-state index contributed by atoms with van der Waals surface area (Å²) >= 11 is 0. The van der Waals surface area contributed by atoms with Crippen LogP contribution in [0.25, 0.3) is 0 Å². The molecule has 0 aromatic heterocycles. The van der Waals surface area contributed by atoms with Crippen LogP contribution in [0.1, 0.15) is 76.3 Å². The van der Waals surface area contributed by atoms with Crippen molar-refractivity contribution < 1.29 is 28.7 Å². The van der Waals surface area contributed by atoms with E-state index in [1.165, 1.54) is 4.90 Å². The summed E-state index contributed by atoms with van der Waals surface area (Å²) in [6, 6.07) is 12.5. The van der Waals surface area contributed by atoms with E-state index < -0.39 is 47.6 Å². The van der Waals surface area contributed by atoms with Gasteiger partial charge in [-0.05, 0) is 77.6 Å². The molecule has 224 valence electrons. The predicted octanol–water partition coefficient (Wildman–Crippen LogP) is 4.79. The van der Waals surface area contributed by atoms with Crippen molar-refractivity contribution in [3.05, 3.63) is 70.8 Å². The van der Waals surface area contributed by atoms with Crippen molar-refractivity contribution in [1.29, 1.82) is 0 Å². The first-order chi connectivity index (χ1) is 19.2. The fourth-order valence-electron chi connectivity index (χ4n) is 4.46. The first-order valence-electron chi connectivity index (χ1n) is 14.1. The Morgan fingerprint density at radius 1 is 0.951 bits per heavy atom. The van der Waals surface area contributed by atoms with E-state index in [9.17, 15) is 19.2 Å². The van der Waals surface area contributed by atoms with E-state index in [0.717, 1.165) is 16.7 Å². The number of benzene rings is 2. The summed E-state index contributed by atoms with van der Waals surface area (Å²) in [5.41, 5.74) is 2.58. The highest BCUT2D eigenvalue weighted by Crippen LogP contribution is 2.29. The van der Waals surface area contributed by atoms with Crippen molar-refractivity contribution in [2.75, 3.05) is 13.2 Å². The molecule has 2 N–H and O–H groups in total. The molecule has 0 fully saturated rings. The van der Waals surface area contributed by atoms with E-state index in [1.54, 1.807) is 27.7 Å². The number of aryl methyl sites for hydroxylation is 1. The Labute approximate surface area is 244 Å². The lowest BCUT2D eigenvalue weighted by molar-refractivity contribution is -0.145. The van der Waals surface area contributed by atoms with Crippen LogP contribution in [0.2, 0.25) is 0 Å². The molecule has 9 nitrogen and oxygen atoms in total. The molecular weight excluding hydrogens is 522 g/mol. The van der Waals surface area contributed by atoms with Gasteiger partial charge in [0.25, 0.3) is 0 Å². The Bertz CT molecular complexity index is 1190. The van der Waals surface area contributed by atoms with Crippen LogP contribution in [0.3, 0.4) is 0 Å². The highest BCUT2D eigenvalue weighted by molar-refractivity contribution is 5.93. The maximum atomic E-state index is 14.4. The highest BCUT2D eigenvalue weighted by atomic mass is 16.6. The fourth-order valence-corrected chi connectivity index (χ4v) is 4.46. The number of hydrogen-bond donors (Lipinski definition) is 2. The van der Waals surface area contributed by atoms with Gasteiger partial charge in [0.1, 0.15) is 17.7 Å². The first kappa shape index (κ1) is 33.3. The van der Waals surface area contributed by atoms with Gasteiger partial charge in [-0.1, -0.05) is 48.5 Å². The quantitative estimate of drug-likeness (QED) is 0.357. The van der Waals surface area contributed by atoms with Crippen molar-refractivity contribution in [1.82, 2.24) is 15.5 Å². The number of nitrogens with zero attached hydrogens (tertiary/aromatic N) is 1. The normalized spacial score (nSPS) is 12.7. The smallest absolute Gasteiger partial charge is 0.408 e. The SMILES string of the molecule is CCOC(=O)CCNC(=O)C(c1cccc(C)c1C)N(C(=O)C(Cc1ccccc1)NC(=O)OC(C)(C)C)C(C)C. The van der Waals surface area contributed by atoms with Crippen molar-refractivity contribution in [3.8, 4) is 0 Å². The van der Waals surface area contributed by atoms with E-state index in [1.807, 2.05) is 76.2 Å². The third-order valence-electron chi connectivity index (χ3n) is 6.48. The minimum atomic E-state index is -1.01. The second-order valence-corrected chi connectivity index (χ2v) is 11.3. The largest absolute Gasteiger partial charge is 0.466 e. The molecule has 0 spiro atoms. The summed E-state index contributed by atoms with van der Waals surface area (Å²) in [5, 5.41) is 5.58. The van der Waals surface area contributed by atoms with Crippen LogP contribution in [-0.4, -0.2) is 59.6 Å². The van der Waals surface area contributed by atoms with E-state index in [-0.39, 0.29) is 26.0 Å². The molecule has 2 atom stereocenters. The van der Waals surface area contributed by atoms with E-state index in [0.29, 0.717) is 5.56 Å². The Kier molecular flexibility index (Phi) is 12.4. The molecule has 0 saturated heterocycles. The number of alkyl carbamates (subject to hydrolysis) is 1. The maximum absolute atomic E-state index is 14.4. The molecule has 41 heavy (non-hydrogen) atoms. The third kappa shape index (κ3) is 10.2. The number of hydrogen-bond acceptors (Lipinski definition) is 6. The summed E-state index contributed by atoms with van der Waals surface area (Å²) in [7, 11) is 0. The van der Waals surface area contributed by atoms with Crippen LogP contribution in [0.5, 0.6) is 0 Å². The number of rotatable bonds is 12. The average molecular weight is 568 g/mol. The maximum Gasteiger partial charge on any atom is 0.408 e. The van der Waals surface area contributed by atoms with Crippen LogP contribution < -0.4 is 10.6 Å². The van der Waals surface area contributed by atoms with Crippen LogP contribution >= 0.6 is 0 Å². The van der Waals surface area contributed by atoms with Gasteiger partial charge in [-0.3, -0.25) is 14.4 Å². The molecule has 2 aromatic rings. The zero-order valence-electron chi connectivity index (χ0n) is 25.6. The fraction of sp³-hybridized carbons (Fsp3) is 0.500. The predicted molar refractivity (Wildman–Crippen MR) is 158 cm³/mol. The Morgan fingerprint density at radius 3 is 2.20 bits per heavy atom. The molecule has 0 radical (unpaired) electrons. The van der Waals surface area contributed by atoms with Crippen LogP contribution in [-0.2, 0) is 30.3 Å². The van der Waals surface area contributed by atoms with Gasteiger partial charge in [0.15, 0.2) is 0 Å². The Balaban J connectivity index is 2.52. The lowest BCUT2D eigenvalue weighted by atomic mass is 9.93. The number of ether oxygens (including phenoxy) is 2. The summed E-state index contributed by atoms with van der Waals surface area (Å²) in [6.45, 7) is 14.8. The Hall–Kier alpha value is -3.88. The minimum Gasteiger partial charge on any atom is -0.466 e. The van der Waals surface area contributed by atoms with Gasteiger partial charge < -0.3 is 25.0 Å². The molecular formula is C32H45N3O6. The van der Waals surface area contributed by atoms with Gasteiger partial charge in [-0.15, -0.1) is 0 Å². The zero-order valence-corrected chi connectivity index (χ0v) is 25.6. The number of carbonyl (C=O) groups excluding carboxylic acids is 4. The van der Waals surface area contributed by atoms with Crippen molar-refractivity contribution in [2.45, 2.75) is 92.0 Å². The number of nitrogens with one attached hydrogen (secondary N) is 2. The van der Waals surface area contributed by atoms with Crippen LogP contribution in [0.4, 0.5) is 4.79 Å². The molecule has 0 bridgehead atoms. The molecule has 0 aliphatic heterocycles. The molecule has 0 saturated carbocycles. The molecule has 0 aliphatic carbocycles. The molecule has 2 unspecified atom stereocenters. The van der Waals surface area contributed by atoms with Crippen LogP contribution in [0, 0.1) is 13.8 Å². The first-order valence-corrected chi connectivity index (χ1v) is 14.1. The van der Waals surface area contributed by atoms with Gasteiger partial charge in [0.2, 0.25) is 11.8 Å². The average Bonchev–Trinajstić information content (AvgIpc) is 2.87. The number of esters is 1.